The molecule has 1 heterocycles. The predicted octanol–water partition coefficient (Wildman–Crippen LogP) is 1.28. The molecule has 1 aromatic carbocycles. The molecule has 0 fully saturated rings. The largest absolute Gasteiger partial charge is 0.464 e. The van der Waals surface area contributed by atoms with Gasteiger partial charge in [-0.3, -0.25) is 4.79 Å². The highest BCUT2D eigenvalue weighted by atomic mass is 16.3. The maximum Gasteiger partial charge on any atom is 0.195 e. The Kier molecular flexibility index (Phi) is 2.49. The van der Waals surface area contributed by atoms with Gasteiger partial charge >= 0.3 is 0 Å². The van der Waals surface area contributed by atoms with Crippen LogP contribution in [0.5, 0.6) is 0 Å². The van der Waals surface area contributed by atoms with E-state index in [4.69, 9.17) is 4.42 Å². The first-order chi connectivity index (χ1) is 5.79. The molecule has 0 amide bonds. The average Bonchev–Trinajstić information content (AvgIpc) is 2.12. The monoisotopic (exact) mass is 178 g/mol. The zero-order valence-corrected chi connectivity index (χ0v) is 7.20. The second-order valence-electron chi connectivity index (χ2n) is 2.74. The summed E-state index contributed by atoms with van der Waals surface area (Å²) in [6.07, 6.45) is 1.49. The standard InChI is InChI=1S/C10H8O2.H2O/c1-7-6-12-9-5-3-2-4-8(9)10(7)11;/h2-6H,1H3;1H2. The van der Waals surface area contributed by atoms with Crippen LogP contribution in [0.15, 0.2) is 39.7 Å². The van der Waals surface area contributed by atoms with Crippen molar-refractivity contribution in [1.29, 1.82) is 0 Å². The number of rotatable bonds is 0. The molecule has 68 valence electrons. The highest BCUT2D eigenvalue weighted by Gasteiger charge is 2.00. The van der Waals surface area contributed by atoms with Crippen LogP contribution in [0.2, 0.25) is 0 Å². The molecule has 2 rings (SSSR count). The Bertz CT molecular complexity index is 471. The fourth-order valence-corrected chi connectivity index (χ4v) is 1.17. The first-order valence-electron chi connectivity index (χ1n) is 3.76. The Morgan fingerprint density at radius 3 is 2.69 bits per heavy atom. The van der Waals surface area contributed by atoms with Crippen molar-refractivity contribution in [2.24, 2.45) is 0 Å². The van der Waals surface area contributed by atoms with E-state index in [-0.39, 0.29) is 10.9 Å². The van der Waals surface area contributed by atoms with E-state index in [2.05, 4.69) is 0 Å². The number of benzene rings is 1. The van der Waals surface area contributed by atoms with Gasteiger partial charge in [0.25, 0.3) is 0 Å². The molecular weight excluding hydrogens is 168 g/mol. The summed E-state index contributed by atoms with van der Waals surface area (Å²) in [5.74, 6) is 0. The molecule has 13 heavy (non-hydrogen) atoms. The van der Waals surface area contributed by atoms with E-state index in [1.165, 1.54) is 6.26 Å². The highest BCUT2D eigenvalue weighted by molar-refractivity contribution is 5.76. The van der Waals surface area contributed by atoms with E-state index in [1.807, 2.05) is 12.1 Å². The molecule has 3 heteroatoms. The van der Waals surface area contributed by atoms with Gasteiger partial charge in [0.1, 0.15) is 5.58 Å². The van der Waals surface area contributed by atoms with E-state index in [1.54, 1.807) is 19.1 Å². The smallest absolute Gasteiger partial charge is 0.195 e. The summed E-state index contributed by atoms with van der Waals surface area (Å²) in [6.45, 7) is 1.75. The summed E-state index contributed by atoms with van der Waals surface area (Å²) in [5.41, 5.74) is 1.35. The van der Waals surface area contributed by atoms with Gasteiger partial charge in [-0.25, -0.2) is 0 Å². The van der Waals surface area contributed by atoms with Gasteiger partial charge in [0, 0.05) is 5.56 Å². The molecule has 2 aromatic rings. The van der Waals surface area contributed by atoms with Gasteiger partial charge in [-0.15, -0.1) is 0 Å². The first kappa shape index (κ1) is 9.48. The summed E-state index contributed by atoms with van der Waals surface area (Å²) >= 11 is 0. The quantitative estimate of drug-likeness (QED) is 0.610. The van der Waals surface area contributed by atoms with Crippen molar-refractivity contribution in [3.8, 4) is 0 Å². The molecule has 0 saturated heterocycles. The maximum absolute atomic E-state index is 11.5. The van der Waals surface area contributed by atoms with Crippen LogP contribution in [0.4, 0.5) is 0 Å². The van der Waals surface area contributed by atoms with Crippen LogP contribution >= 0.6 is 0 Å². The van der Waals surface area contributed by atoms with Gasteiger partial charge in [0.2, 0.25) is 0 Å². The molecule has 0 saturated carbocycles. The van der Waals surface area contributed by atoms with E-state index < -0.39 is 0 Å². The number of fused-ring (bicyclic) bond motifs is 1. The third kappa shape index (κ3) is 1.46. The van der Waals surface area contributed by atoms with Crippen LogP contribution in [-0.2, 0) is 0 Å². The molecule has 0 aliphatic carbocycles. The molecule has 0 atom stereocenters. The van der Waals surface area contributed by atoms with E-state index in [9.17, 15) is 4.79 Å². The maximum atomic E-state index is 11.5. The highest BCUT2D eigenvalue weighted by Crippen LogP contribution is 2.09. The normalized spacial score (nSPS) is 9.62. The molecule has 0 spiro atoms. The third-order valence-corrected chi connectivity index (χ3v) is 1.85. The summed E-state index contributed by atoms with van der Waals surface area (Å²) in [5, 5.41) is 0.650. The predicted molar refractivity (Wildman–Crippen MR) is 50.8 cm³/mol. The lowest BCUT2D eigenvalue weighted by Crippen LogP contribution is -2.03. The van der Waals surface area contributed by atoms with E-state index >= 15 is 0 Å². The number of hydrogen-bond donors (Lipinski definition) is 0. The minimum atomic E-state index is 0. The number of para-hydroxylation sites is 1. The van der Waals surface area contributed by atoms with Gasteiger partial charge in [0.15, 0.2) is 5.43 Å². The summed E-state index contributed by atoms with van der Waals surface area (Å²) in [6, 6.07) is 7.24. The van der Waals surface area contributed by atoms with Crippen molar-refractivity contribution in [1.82, 2.24) is 0 Å². The van der Waals surface area contributed by atoms with Crippen molar-refractivity contribution in [2.75, 3.05) is 0 Å². The van der Waals surface area contributed by atoms with Gasteiger partial charge in [-0.1, -0.05) is 12.1 Å². The average molecular weight is 178 g/mol. The second kappa shape index (κ2) is 3.41. The summed E-state index contributed by atoms with van der Waals surface area (Å²) in [4.78, 5) is 11.5. The van der Waals surface area contributed by atoms with Crippen LogP contribution in [0.25, 0.3) is 11.0 Å². The molecule has 0 aliphatic heterocycles. The van der Waals surface area contributed by atoms with Crippen molar-refractivity contribution in [2.45, 2.75) is 6.92 Å². The zero-order chi connectivity index (χ0) is 8.55. The SMILES string of the molecule is Cc1coc2ccccc2c1=O.O. The van der Waals surface area contributed by atoms with Crippen molar-refractivity contribution in [3.05, 3.63) is 46.3 Å². The molecular formula is C10H10O3. The van der Waals surface area contributed by atoms with Crippen LogP contribution in [-0.4, -0.2) is 5.48 Å². The molecule has 3 nitrogen and oxygen atoms in total. The Hall–Kier alpha value is -1.61. The number of aryl methyl sites for hydroxylation is 1. The van der Waals surface area contributed by atoms with Gasteiger partial charge in [0.05, 0.1) is 11.6 Å². The number of hydrogen-bond acceptors (Lipinski definition) is 2. The van der Waals surface area contributed by atoms with Crippen molar-refractivity contribution >= 4 is 11.0 Å². The summed E-state index contributed by atoms with van der Waals surface area (Å²) < 4.78 is 5.22. The third-order valence-electron chi connectivity index (χ3n) is 1.85. The van der Waals surface area contributed by atoms with Crippen molar-refractivity contribution < 1.29 is 9.89 Å². The fraction of sp³-hybridized carbons (Fsp3) is 0.100. The van der Waals surface area contributed by atoms with E-state index in [0.29, 0.717) is 16.5 Å². The Morgan fingerprint density at radius 2 is 1.92 bits per heavy atom. The summed E-state index contributed by atoms with van der Waals surface area (Å²) in [7, 11) is 0. The molecule has 1 aromatic heterocycles. The lowest BCUT2D eigenvalue weighted by atomic mass is 10.2. The molecule has 0 radical (unpaired) electrons. The van der Waals surface area contributed by atoms with Gasteiger partial charge < -0.3 is 9.89 Å². The van der Waals surface area contributed by atoms with Crippen molar-refractivity contribution in [3.63, 3.8) is 0 Å². The Balaban J connectivity index is 0.000000845. The molecule has 0 bridgehead atoms. The molecule has 0 unspecified atom stereocenters. The van der Waals surface area contributed by atoms with E-state index in [0.717, 1.165) is 0 Å². The lowest BCUT2D eigenvalue weighted by molar-refractivity contribution is 0.597. The second-order valence-corrected chi connectivity index (χ2v) is 2.74. The van der Waals surface area contributed by atoms with Gasteiger partial charge in [-0.05, 0) is 19.1 Å². The van der Waals surface area contributed by atoms with Crippen LogP contribution in [0, 0.1) is 6.92 Å². The molecule has 2 N–H and O–H groups in total. The van der Waals surface area contributed by atoms with Gasteiger partial charge in [-0.2, -0.15) is 0 Å². The first-order valence-corrected chi connectivity index (χ1v) is 3.76. The Labute approximate surface area is 74.9 Å². The van der Waals surface area contributed by atoms with Crippen LogP contribution in [0.3, 0.4) is 0 Å². The fourth-order valence-electron chi connectivity index (χ4n) is 1.17. The van der Waals surface area contributed by atoms with Crippen LogP contribution in [0.1, 0.15) is 5.56 Å². The minimum absolute atomic E-state index is 0. The Morgan fingerprint density at radius 1 is 1.23 bits per heavy atom. The lowest BCUT2D eigenvalue weighted by Gasteiger charge is -1.95. The minimum Gasteiger partial charge on any atom is -0.464 e. The van der Waals surface area contributed by atoms with Crippen LogP contribution < -0.4 is 5.43 Å². The topological polar surface area (TPSA) is 61.7 Å². The molecule has 0 aliphatic rings. The zero-order valence-electron chi connectivity index (χ0n) is 7.20.